The summed E-state index contributed by atoms with van der Waals surface area (Å²) >= 11 is 0. The second-order valence-electron chi connectivity index (χ2n) is 8.98. The van der Waals surface area contributed by atoms with E-state index in [4.69, 9.17) is 10.8 Å². The first-order valence-electron chi connectivity index (χ1n) is 11.7. The van der Waals surface area contributed by atoms with Gasteiger partial charge in [0.1, 0.15) is 24.2 Å². The number of aliphatic hydroxyl groups is 1. The van der Waals surface area contributed by atoms with Gasteiger partial charge in [0, 0.05) is 29.9 Å². The zero-order valence-corrected chi connectivity index (χ0v) is 20.6. The van der Waals surface area contributed by atoms with Crippen LogP contribution in [0.3, 0.4) is 0 Å². The SMILES string of the molecule is CC(C)C(NC(=O)C(Cc1c[nH]c2ccccc12)NC(=O)C(N)CO)C(=O)NC(CCC(=O)O)C(=O)O. The Balaban J connectivity index is 2.25. The summed E-state index contributed by atoms with van der Waals surface area (Å²) in [5.41, 5.74) is 7.12. The summed E-state index contributed by atoms with van der Waals surface area (Å²) in [5, 5.41) is 35.6. The monoisotopic (exact) mass is 519 g/mol. The third kappa shape index (κ3) is 8.29. The molecule has 0 aliphatic carbocycles. The van der Waals surface area contributed by atoms with Crippen LogP contribution in [0.15, 0.2) is 30.5 Å². The fourth-order valence-electron chi connectivity index (χ4n) is 3.67. The molecule has 13 nitrogen and oxygen atoms in total. The van der Waals surface area contributed by atoms with Crippen molar-refractivity contribution < 1.29 is 39.3 Å². The van der Waals surface area contributed by atoms with Crippen molar-refractivity contribution in [2.24, 2.45) is 11.7 Å². The van der Waals surface area contributed by atoms with Gasteiger partial charge < -0.3 is 42.0 Å². The number of carbonyl (C=O) groups excluding carboxylic acids is 3. The van der Waals surface area contributed by atoms with Crippen molar-refractivity contribution in [1.29, 1.82) is 0 Å². The lowest BCUT2D eigenvalue weighted by Crippen LogP contribution is -2.59. The molecule has 0 saturated carbocycles. The number of aliphatic carboxylic acids is 2. The fraction of sp³-hybridized carbons (Fsp3) is 0.458. The quantitative estimate of drug-likeness (QED) is 0.154. The number of nitrogens with two attached hydrogens (primary N) is 1. The Hall–Kier alpha value is -3.97. The van der Waals surface area contributed by atoms with E-state index in [1.807, 2.05) is 24.3 Å². The van der Waals surface area contributed by atoms with Crippen LogP contribution < -0.4 is 21.7 Å². The minimum absolute atomic E-state index is 0.0303. The number of nitrogens with one attached hydrogen (secondary N) is 4. The molecule has 2 rings (SSSR count). The summed E-state index contributed by atoms with van der Waals surface area (Å²) in [4.78, 5) is 64.0. The van der Waals surface area contributed by atoms with Crippen molar-refractivity contribution in [2.45, 2.75) is 57.3 Å². The van der Waals surface area contributed by atoms with Crippen molar-refractivity contribution in [3.05, 3.63) is 36.0 Å². The number of amides is 3. The third-order valence-corrected chi connectivity index (χ3v) is 5.77. The summed E-state index contributed by atoms with van der Waals surface area (Å²) in [6, 6.07) is 2.23. The number of carboxylic acids is 2. The van der Waals surface area contributed by atoms with Crippen LogP contribution >= 0.6 is 0 Å². The van der Waals surface area contributed by atoms with Crippen LogP contribution in [0.5, 0.6) is 0 Å². The highest BCUT2D eigenvalue weighted by Crippen LogP contribution is 2.19. The van der Waals surface area contributed by atoms with Gasteiger partial charge in [0.25, 0.3) is 0 Å². The molecule has 202 valence electrons. The molecule has 9 N–H and O–H groups in total. The maximum atomic E-state index is 13.3. The van der Waals surface area contributed by atoms with Crippen LogP contribution in [0.4, 0.5) is 0 Å². The lowest BCUT2D eigenvalue weighted by molar-refractivity contribution is -0.143. The molecule has 37 heavy (non-hydrogen) atoms. The zero-order valence-electron chi connectivity index (χ0n) is 20.6. The maximum absolute atomic E-state index is 13.3. The van der Waals surface area contributed by atoms with Gasteiger partial charge in [-0.05, 0) is 24.0 Å². The average molecular weight is 520 g/mol. The van der Waals surface area contributed by atoms with Crippen LogP contribution in [0.1, 0.15) is 32.3 Å². The lowest BCUT2D eigenvalue weighted by Gasteiger charge is -2.27. The highest BCUT2D eigenvalue weighted by atomic mass is 16.4. The first-order valence-corrected chi connectivity index (χ1v) is 11.7. The van der Waals surface area contributed by atoms with E-state index in [1.165, 1.54) is 0 Å². The minimum Gasteiger partial charge on any atom is -0.481 e. The van der Waals surface area contributed by atoms with Crippen LogP contribution in [0.2, 0.25) is 0 Å². The number of rotatable bonds is 14. The van der Waals surface area contributed by atoms with Gasteiger partial charge in [-0.1, -0.05) is 32.0 Å². The van der Waals surface area contributed by atoms with Gasteiger partial charge in [-0.25, -0.2) is 4.79 Å². The maximum Gasteiger partial charge on any atom is 0.326 e. The van der Waals surface area contributed by atoms with Gasteiger partial charge in [-0.15, -0.1) is 0 Å². The van der Waals surface area contributed by atoms with Gasteiger partial charge in [0.2, 0.25) is 17.7 Å². The largest absolute Gasteiger partial charge is 0.481 e. The number of aromatic amines is 1. The number of benzene rings is 1. The first kappa shape index (κ1) is 29.3. The molecule has 0 fully saturated rings. The molecule has 0 spiro atoms. The molecule has 13 heteroatoms. The molecule has 0 aliphatic heterocycles. The van der Waals surface area contributed by atoms with Crippen molar-refractivity contribution in [2.75, 3.05) is 6.61 Å². The normalized spacial score (nSPS) is 14.4. The summed E-state index contributed by atoms with van der Waals surface area (Å²) in [7, 11) is 0. The Bertz CT molecular complexity index is 1130. The molecular formula is C24H33N5O8. The lowest BCUT2D eigenvalue weighted by atomic mass is 10.00. The summed E-state index contributed by atoms with van der Waals surface area (Å²) in [5.74, 6) is -5.42. The van der Waals surface area contributed by atoms with Crippen molar-refractivity contribution in [1.82, 2.24) is 20.9 Å². The van der Waals surface area contributed by atoms with Gasteiger partial charge in [-0.3, -0.25) is 19.2 Å². The van der Waals surface area contributed by atoms with Gasteiger partial charge >= 0.3 is 11.9 Å². The average Bonchev–Trinajstić information content (AvgIpc) is 3.25. The molecule has 0 radical (unpaired) electrons. The van der Waals surface area contributed by atoms with Crippen molar-refractivity contribution in [3.8, 4) is 0 Å². The van der Waals surface area contributed by atoms with Crippen LogP contribution in [0, 0.1) is 5.92 Å². The van der Waals surface area contributed by atoms with Crippen molar-refractivity contribution >= 4 is 40.6 Å². The van der Waals surface area contributed by atoms with E-state index in [0.717, 1.165) is 10.9 Å². The van der Waals surface area contributed by atoms with E-state index in [-0.39, 0.29) is 12.8 Å². The summed E-state index contributed by atoms with van der Waals surface area (Å²) in [6.45, 7) is 2.62. The van der Waals surface area contributed by atoms with Gasteiger partial charge in [0.05, 0.1) is 6.61 Å². The molecule has 4 unspecified atom stereocenters. The fourth-order valence-corrected chi connectivity index (χ4v) is 3.67. The van der Waals surface area contributed by atoms with E-state index in [1.54, 1.807) is 20.0 Å². The number of hydrogen-bond donors (Lipinski definition) is 8. The number of fused-ring (bicyclic) bond motifs is 1. The van der Waals surface area contributed by atoms with Crippen LogP contribution in [-0.2, 0) is 30.4 Å². The number of H-pyrrole nitrogens is 1. The summed E-state index contributed by atoms with van der Waals surface area (Å²) < 4.78 is 0. The minimum atomic E-state index is -1.47. The molecule has 0 aliphatic rings. The molecule has 0 bridgehead atoms. The highest BCUT2D eigenvalue weighted by Gasteiger charge is 2.32. The topological polar surface area (TPSA) is 224 Å². The number of carboxylic acid groups (broad SMARTS) is 2. The van der Waals surface area contributed by atoms with Crippen LogP contribution in [0.25, 0.3) is 10.9 Å². The Morgan fingerprint density at radius 1 is 0.946 bits per heavy atom. The molecule has 1 aromatic carbocycles. The molecular weight excluding hydrogens is 486 g/mol. The smallest absolute Gasteiger partial charge is 0.326 e. The highest BCUT2D eigenvalue weighted by molar-refractivity contribution is 5.95. The molecule has 0 saturated heterocycles. The van der Waals surface area contributed by atoms with E-state index in [2.05, 4.69) is 20.9 Å². The number of aliphatic hydroxyl groups excluding tert-OH is 1. The van der Waals surface area contributed by atoms with Crippen LogP contribution in [-0.4, -0.2) is 80.7 Å². The van der Waals surface area contributed by atoms with Crippen molar-refractivity contribution in [3.63, 3.8) is 0 Å². The Morgan fingerprint density at radius 2 is 1.59 bits per heavy atom. The predicted molar refractivity (Wildman–Crippen MR) is 132 cm³/mol. The molecule has 1 aromatic heterocycles. The van der Waals surface area contributed by atoms with E-state index in [9.17, 15) is 34.2 Å². The van der Waals surface area contributed by atoms with E-state index >= 15 is 0 Å². The third-order valence-electron chi connectivity index (χ3n) is 5.77. The number of carbonyl (C=O) groups is 5. The number of aromatic nitrogens is 1. The predicted octanol–water partition coefficient (Wildman–Crippen LogP) is -0.910. The second kappa shape index (κ2) is 13.4. The number of para-hydroxylation sites is 1. The van der Waals surface area contributed by atoms with Gasteiger partial charge in [0.15, 0.2) is 0 Å². The zero-order chi connectivity index (χ0) is 27.7. The molecule has 3 amide bonds. The number of hydrogen-bond acceptors (Lipinski definition) is 7. The van der Waals surface area contributed by atoms with Gasteiger partial charge in [-0.2, -0.15) is 0 Å². The molecule has 2 aromatic rings. The first-order chi connectivity index (χ1) is 17.4. The Morgan fingerprint density at radius 3 is 2.19 bits per heavy atom. The van der Waals surface area contributed by atoms with E-state index < -0.39 is 72.8 Å². The van der Waals surface area contributed by atoms with E-state index in [0.29, 0.717) is 5.56 Å². The Kier molecular flexibility index (Phi) is 10.6. The standard InChI is InChI=1S/C24H33N5O8/c1-12(2)20(23(35)27-17(24(36)37)7-8-19(31)32)29-22(34)18(28-21(33)15(25)11-30)9-13-10-26-16-6-4-3-5-14(13)16/h3-6,10,12,15,17-18,20,26,30H,7-9,11,25H2,1-2H3,(H,27,35)(H,28,33)(H,29,34)(H,31,32)(H,36,37). The summed E-state index contributed by atoms with van der Waals surface area (Å²) in [6.07, 6.45) is 0.908. The Labute approximate surface area is 212 Å². The molecule has 4 atom stereocenters. The molecule has 1 heterocycles. The second-order valence-corrected chi connectivity index (χ2v) is 8.98.